The van der Waals surface area contributed by atoms with E-state index < -0.39 is 11.6 Å². The molecule has 2 fully saturated rings. The first-order valence-electron chi connectivity index (χ1n) is 14.2. The van der Waals surface area contributed by atoms with Crippen LogP contribution in [-0.2, 0) is 4.79 Å². The van der Waals surface area contributed by atoms with Crippen molar-refractivity contribution in [1.82, 2.24) is 20.2 Å². The quantitative estimate of drug-likeness (QED) is 0.510. The Morgan fingerprint density at radius 3 is 2.70 bits per heavy atom. The molecule has 1 unspecified atom stereocenters. The molecule has 1 aromatic heterocycles. The van der Waals surface area contributed by atoms with Gasteiger partial charge in [-0.25, -0.2) is 9.37 Å². The average molecular weight is 554 g/mol. The second-order valence-electron chi connectivity index (χ2n) is 11.7. The van der Waals surface area contributed by atoms with Gasteiger partial charge in [0.05, 0.1) is 24.4 Å². The lowest BCUT2D eigenvalue weighted by Crippen LogP contribution is -2.45. The molecule has 2 amide bonds. The number of hydrogen-bond donors (Lipinski definition) is 2. The Morgan fingerprint density at radius 2 is 2.00 bits per heavy atom. The van der Waals surface area contributed by atoms with Crippen molar-refractivity contribution < 1.29 is 18.7 Å². The smallest absolute Gasteiger partial charge is 0.251 e. The van der Waals surface area contributed by atoms with E-state index in [2.05, 4.69) is 20.5 Å². The first-order valence-corrected chi connectivity index (χ1v) is 14.2. The van der Waals surface area contributed by atoms with Gasteiger partial charge in [-0.3, -0.25) is 14.5 Å². The number of fused-ring (bicyclic) bond motifs is 1. The highest BCUT2D eigenvalue weighted by molar-refractivity contribution is 6.01. The molecule has 2 aliphatic heterocycles. The molecule has 3 heterocycles. The number of nitrogens with one attached hydrogen (secondary N) is 2. The summed E-state index contributed by atoms with van der Waals surface area (Å²) in [6.45, 7) is 6.78. The van der Waals surface area contributed by atoms with Crippen LogP contribution in [0.1, 0.15) is 56.3 Å². The number of methoxy groups -OCH3 is 1. The molecule has 0 spiro atoms. The minimum Gasteiger partial charge on any atom is -0.495 e. The molecule has 5 rings (SSSR count). The molecule has 2 aromatic rings. The van der Waals surface area contributed by atoms with Gasteiger partial charge in [0.1, 0.15) is 17.6 Å². The third-order valence-corrected chi connectivity index (χ3v) is 8.24. The molecule has 40 heavy (non-hydrogen) atoms. The maximum Gasteiger partial charge on any atom is 0.251 e. The first-order chi connectivity index (χ1) is 19.2. The summed E-state index contributed by atoms with van der Waals surface area (Å²) in [6.07, 6.45) is 5.97. The fraction of sp³-hybridized carbons (Fsp3) is 0.586. The van der Waals surface area contributed by atoms with E-state index in [0.29, 0.717) is 67.3 Å². The molecule has 216 valence electrons. The van der Waals surface area contributed by atoms with Crippen LogP contribution >= 0.6 is 0 Å². The highest BCUT2D eigenvalue weighted by atomic mass is 19.1. The fourth-order valence-corrected chi connectivity index (χ4v) is 6.00. The van der Waals surface area contributed by atoms with E-state index in [4.69, 9.17) is 9.72 Å². The van der Waals surface area contributed by atoms with Crippen molar-refractivity contribution >= 4 is 35.0 Å². The van der Waals surface area contributed by atoms with Gasteiger partial charge in [0, 0.05) is 51.4 Å². The van der Waals surface area contributed by atoms with Crippen molar-refractivity contribution in [2.75, 3.05) is 62.0 Å². The number of anilines is 4. The van der Waals surface area contributed by atoms with Gasteiger partial charge in [-0.05, 0) is 51.3 Å². The first kappa shape index (κ1) is 28.1. The highest BCUT2D eigenvalue weighted by Crippen LogP contribution is 2.40. The number of ether oxygens (including phenoxy) is 1. The third-order valence-electron chi connectivity index (χ3n) is 8.24. The molecule has 10 nitrogen and oxygen atoms in total. The van der Waals surface area contributed by atoms with Crippen LogP contribution in [0.2, 0.25) is 0 Å². The number of carbonyl (C=O) groups is 2. The number of nitrogens with zero attached hydrogens (tertiary/aromatic N) is 5. The molecule has 1 aromatic carbocycles. The molecular formula is C29H40FN7O3. The van der Waals surface area contributed by atoms with Crippen molar-refractivity contribution in [3.63, 3.8) is 0 Å². The zero-order valence-corrected chi connectivity index (χ0v) is 23.9. The molecule has 3 aliphatic rings. The normalized spacial score (nSPS) is 21.3. The number of benzene rings is 1. The van der Waals surface area contributed by atoms with Crippen LogP contribution < -0.4 is 25.2 Å². The Morgan fingerprint density at radius 1 is 1.23 bits per heavy atom. The van der Waals surface area contributed by atoms with Crippen molar-refractivity contribution in [3.8, 4) is 5.75 Å². The van der Waals surface area contributed by atoms with Crippen LogP contribution in [0.25, 0.3) is 0 Å². The summed E-state index contributed by atoms with van der Waals surface area (Å²) in [6, 6.07) is 5.49. The van der Waals surface area contributed by atoms with Crippen LogP contribution in [0.4, 0.5) is 27.5 Å². The zero-order chi connectivity index (χ0) is 28.4. The van der Waals surface area contributed by atoms with E-state index in [1.807, 2.05) is 18.7 Å². The predicted molar refractivity (Wildman–Crippen MR) is 153 cm³/mol. The number of amides is 2. The molecule has 0 bridgehead atoms. The number of aromatic nitrogens is 2. The van der Waals surface area contributed by atoms with Gasteiger partial charge < -0.3 is 25.2 Å². The Labute approximate surface area is 235 Å². The van der Waals surface area contributed by atoms with Crippen molar-refractivity contribution in [1.29, 1.82) is 0 Å². The second-order valence-corrected chi connectivity index (χ2v) is 11.7. The Hall–Kier alpha value is -3.47. The summed E-state index contributed by atoms with van der Waals surface area (Å²) in [5.74, 6) is 1.44. The summed E-state index contributed by atoms with van der Waals surface area (Å²) in [5.41, 5.74) is 1.22. The number of hydrogen-bond acceptors (Lipinski definition) is 8. The van der Waals surface area contributed by atoms with E-state index in [1.165, 1.54) is 12.8 Å². The highest BCUT2D eigenvalue weighted by Gasteiger charge is 2.41. The fourth-order valence-electron chi connectivity index (χ4n) is 6.00. The molecule has 11 heteroatoms. The summed E-state index contributed by atoms with van der Waals surface area (Å²) in [5, 5.41) is 6.16. The number of rotatable bonds is 8. The molecule has 1 atom stereocenters. The SMILES string of the molecule is COc1cc(C(=O)NCCN2CCC(F)C2)ccc1Nc1ncc2c(n1)N(C1CCCC1)CC(C)(C)C(=O)N2C. The second kappa shape index (κ2) is 11.6. The zero-order valence-electron chi connectivity index (χ0n) is 23.9. The molecule has 1 saturated heterocycles. The monoisotopic (exact) mass is 553 g/mol. The molecule has 1 aliphatic carbocycles. The van der Waals surface area contributed by atoms with Crippen LogP contribution in [-0.4, -0.2) is 85.8 Å². The number of halogens is 1. The Kier molecular flexibility index (Phi) is 8.11. The minimum atomic E-state index is -0.774. The van der Waals surface area contributed by atoms with E-state index >= 15 is 0 Å². The standard InChI is InChI=1S/C29H40FN7O3/c1-29(2)18-37(21-7-5-6-8-21)25-23(35(3)27(29)39)16-32-28(34-25)33-22-10-9-19(15-24(22)40-4)26(38)31-12-14-36-13-11-20(30)17-36/h9-10,15-16,20-21H,5-8,11-14,17-18H2,1-4H3,(H,31,38)(H,32,33,34). The van der Waals surface area contributed by atoms with Gasteiger partial charge in [-0.1, -0.05) is 12.8 Å². The topological polar surface area (TPSA) is 103 Å². The number of likely N-dealkylation sites (tertiary alicyclic amines) is 1. The lowest BCUT2D eigenvalue weighted by molar-refractivity contribution is -0.125. The average Bonchev–Trinajstić information content (AvgIpc) is 3.61. The lowest BCUT2D eigenvalue weighted by Gasteiger charge is -2.34. The Balaban J connectivity index is 1.33. The summed E-state index contributed by atoms with van der Waals surface area (Å²) in [7, 11) is 3.33. The van der Waals surface area contributed by atoms with Crippen molar-refractivity contribution in [2.24, 2.45) is 5.41 Å². The van der Waals surface area contributed by atoms with Gasteiger partial charge in [0.25, 0.3) is 5.91 Å². The number of alkyl halides is 1. The van der Waals surface area contributed by atoms with Gasteiger partial charge >= 0.3 is 0 Å². The van der Waals surface area contributed by atoms with Crippen molar-refractivity contribution in [3.05, 3.63) is 30.0 Å². The Bertz CT molecular complexity index is 1250. The van der Waals surface area contributed by atoms with E-state index in [0.717, 1.165) is 25.2 Å². The molecule has 0 radical (unpaired) electrons. The van der Waals surface area contributed by atoms with E-state index in [1.54, 1.807) is 43.5 Å². The predicted octanol–water partition coefficient (Wildman–Crippen LogP) is 3.75. The van der Waals surface area contributed by atoms with E-state index in [-0.39, 0.29) is 11.8 Å². The van der Waals surface area contributed by atoms with Crippen molar-refractivity contribution in [2.45, 2.75) is 58.2 Å². The van der Waals surface area contributed by atoms with E-state index in [9.17, 15) is 14.0 Å². The third kappa shape index (κ3) is 5.84. The molecule has 1 saturated carbocycles. The summed E-state index contributed by atoms with van der Waals surface area (Å²) >= 11 is 0. The van der Waals surface area contributed by atoms with Gasteiger partial charge in [0.2, 0.25) is 11.9 Å². The van der Waals surface area contributed by atoms with Gasteiger partial charge in [0.15, 0.2) is 5.82 Å². The largest absolute Gasteiger partial charge is 0.495 e. The minimum absolute atomic E-state index is 0.0427. The van der Waals surface area contributed by atoms with Gasteiger partial charge in [-0.2, -0.15) is 4.98 Å². The van der Waals surface area contributed by atoms with Crippen LogP contribution in [0.15, 0.2) is 24.4 Å². The maximum absolute atomic E-state index is 13.4. The van der Waals surface area contributed by atoms with Gasteiger partial charge in [-0.15, -0.1) is 0 Å². The lowest BCUT2D eigenvalue weighted by atomic mass is 9.91. The molecule has 2 N–H and O–H groups in total. The maximum atomic E-state index is 13.4. The summed E-state index contributed by atoms with van der Waals surface area (Å²) in [4.78, 5) is 41.4. The van der Waals surface area contributed by atoms with Crippen LogP contribution in [0, 0.1) is 5.41 Å². The number of carbonyl (C=O) groups excluding carboxylic acids is 2. The summed E-state index contributed by atoms with van der Waals surface area (Å²) < 4.78 is 19.0. The van der Waals surface area contributed by atoms with Crippen LogP contribution in [0.5, 0.6) is 5.75 Å². The van der Waals surface area contributed by atoms with Crippen LogP contribution in [0.3, 0.4) is 0 Å². The molecular weight excluding hydrogens is 513 g/mol.